The highest BCUT2D eigenvalue weighted by Gasteiger charge is 2.02. The lowest BCUT2D eigenvalue weighted by Crippen LogP contribution is -1.95. The minimum absolute atomic E-state index is 0.293. The summed E-state index contributed by atoms with van der Waals surface area (Å²) in [6, 6.07) is 0. The van der Waals surface area contributed by atoms with Gasteiger partial charge in [-0.1, -0.05) is 25.8 Å². The van der Waals surface area contributed by atoms with E-state index in [0.717, 1.165) is 12.0 Å². The van der Waals surface area contributed by atoms with Gasteiger partial charge in [-0.15, -0.1) is 6.58 Å². The first-order valence-electron chi connectivity index (χ1n) is 3.52. The lowest BCUT2D eigenvalue weighted by molar-refractivity contribution is 0.725. The first-order valence-corrected chi connectivity index (χ1v) is 6.47. The van der Waals surface area contributed by atoms with Crippen molar-refractivity contribution in [1.29, 1.82) is 0 Å². The molecule has 54 valence electrons. The number of hydrogen-bond donors (Lipinski definition) is 0. The van der Waals surface area contributed by atoms with Gasteiger partial charge in [0.2, 0.25) is 0 Å². The summed E-state index contributed by atoms with van der Waals surface area (Å²) in [5, 5.41) is 0. The zero-order chi connectivity index (χ0) is 7.11. The predicted octanol–water partition coefficient (Wildman–Crippen LogP) is 2.47. The largest absolute Gasteiger partial charge is 0.176 e. The van der Waals surface area contributed by atoms with Crippen molar-refractivity contribution in [3.63, 3.8) is 0 Å². The highest BCUT2D eigenvalue weighted by atomic mass is 35.6. The summed E-state index contributed by atoms with van der Waals surface area (Å²) >= 11 is 5.82. The van der Waals surface area contributed by atoms with Crippen LogP contribution in [-0.4, -0.2) is 8.83 Å². The van der Waals surface area contributed by atoms with Crippen LogP contribution >= 0.6 is 11.1 Å². The Kier molecular flexibility index (Phi) is 6.54. The van der Waals surface area contributed by atoms with Gasteiger partial charge in [0.25, 0.3) is 0 Å². The van der Waals surface area contributed by atoms with Crippen molar-refractivity contribution in [2.45, 2.75) is 31.7 Å². The minimum Gasteiger partial charge on any atom is -0.176 e. The molecule has 0 aliphatic heterocycles. The van der Waals surface area contributed by atoms with Crippen molar-refractivity contribution < 1.29 is 0 Å². The predicted molar refractivity (Wildman–Crippen MR) is 47.9 cm³/mol. The number of hydrogen-bond acceptors (Lipinski definition) is 0. The summed E-state index contributed by atoms with van der Waals surface area (Å²) < 4.78 is 0. The molecular formula is C7H15ClSi. The highest BCUT2D eigenvalue weighted by Crippen LogP contribution is 2.17. The summed E-state index contributed by atoms with van der Waals surface area (Å²) in [5.41, 5.74) is 0.800. The SMILES string of the molecule is C=CCC(CCC)[SiH2]Cl. The van der Waals surface area contributed by atoms with Gasteiger partial charge < -0.3 is 0 Å². The molecule has 2 heteroatoms. The van der Waals surface area contributed by atoms with Crippen LogP contribution in [0.15, 0.2) is 12.7 Å². The molecule has 0 spiro atoms. The molecule has 0 N–H and O–H groups in total. The Morgan fingerprint density at radius 3 is 2.78 bits per heavy atom. The molecule has 0 aromatic rings. The molecule has 9 heavy (non-hydrogen) atoms. The Morgan fingerprint density at radius 1 is 1.78 bits per heavy atom. The van der Waals surface area contributed by atoms with Crippen LogP contribution in [0.5, 0.6) is 0 Å². The fourth-order valence-corrected chi connectivity index (χ4v) is 2.67. The number of rotatable bonds is 5. The molecule has 1 unspecified atom stereocenters. The minimum atomic E-state index is -0.293. The summed E-state index contributed by atoms with van der Waals surface area (Å²) in [5.74, 6) is 0. The molecule has 0 bridgehead atoms. The van der Waals surface area contributed by atoms with E-state index in [4.69, 9.17) is 11.1 Å². The monoisotopic (exact) mass is 162 g/mol. The van der Waals surface area contributed by atoms with Crippen molar-refractivity contribution in [1.82, 2.24) is 0 Å². The van der Waals surface area contributed by atoms with Crippen LogP contribution in [0.3, 0.4) is 0 Å². The van der Waals surface area contributed by atoms with E-state index >= 15 is 0 Å². The second-order valence-electron chi connectivity index (χ2n) is 2.33. The van der Waals surface area contributed by atoms with E-state index in [0.29, 0.717) is 0 Å². The van der Waals surface area contributed by atoms with Crippen molar-refractivity contribution in [2.75, 3.05) is 0 Å². The topological polar surface area (TPSA) is 0 Å². The van der Waals surface area contributed by atoms with Gasteiger partial charge >= 0.3 is 0 Å². The van der Waals surface area contributed by atoms with Crippen LogP contribution in [-0.2, 0) is 0 Å². The Morgan fingerprint density at radius 2 is 2.44 bits per heavy atom. The maximum Gasteiger partial charge on any atom is 0.128 e. The van der Waals surface area contributed by atoms with Crippen molar-refractivity contribution in [3.8, 4) is 0 Å². The Balaban J connectivity index is 3.28. The molecule has 0 radical (unpaired) electrons. The van der Waals surface area contributed by atoms with Gasteiger partial charge in [0.1, 0.15) is 8.83 Å². The summed E-state index contributed by atoms with van der Waals surface area (Å²) in [7, 11) is -0.293. The average Bonchev–Trinajstić information content (AvgIpc) is 1.88. The van der Waals surface area contributed by atoms with Gasteiger partial charge in [0.05, 0.1) is 0 Å². The fourth-order valence-electron chi connectivity index (χ4n) is 0.902. The molecule has 0 fully saturated rings. The zero-order valence-corrected chi connectivity index (χ0v) is 8.24. The molecule has 0 aromatic carbocycles. The second-order valence-corrected chi connectivity index (χ2v) is 4.72. The zero-order valence-electron chi connectivity index (χ0n) is 6.07. The Bertz CT molecular complexity index is 73.3. The third-order valence-corrected chi connectivity index (χ3v) is 3.90. The Hall–Kier alpha value is 0.247. The van der Waals surface area contributed by atoms with Crippen molar-refractivity contribution in [2.24, 2.45) is 0 Å². The van der Waals surface area contributed by atoms with E-state index in [1.807, 2.05) is 6.08 Å². The molecule has 0 heterocycles. The first kappa shape index (κ1) is 9.25. The van der Waals surface area contributed by atoms with E-state index in [1.165, 1.54) is 12.8 Å². The lowest BCUT2D eigenvalue weighted by atomic mass is 10.2. The third-order valence-electron chi connectivity index (χ3n) is 1.42. The van der Waals surface area contributed by atoms with E-state index in [1.54, 1.807) is 0 Å². The maximum absolute atomic E-state index is 5.82. The molecule has 0 saturated heterocycles. The average molecular weight is 163 g/mol. The van der Waals surface area contributed by atoms with Crippen LogP contribution in [0.1, 0.15) is 26.2 Å². The van der Waals surface area contributed by atoms with Crippen LogP contribution < -0.4 is 0 Å². The molecule has 1 atom stereocenters. The van der Waals surface area contributed by atoms with Crippen molar-refractivity contribution in [3.05, 3.63) is 12.7 Å². The second kappa shape index (κ2) is 6.37. The van der Waals surface area contributed by atoms with Gasteiger partial charge in [-0.2, -0.15) is 11.1 Å². The maximum atomic E-state index is 5.82. The molecule has 0 aliphatic carbocycles. The summed E-state index contributed by atoms with van der Waals surface area (Å²) in [4.78, 5) is 0. The third kappa shape index (κ3) is 4.73. The van der Waals surface area contributed by atoms with Crippen LogP contribution in [0.25, 0.3) is 0 Å². The first-order chi connectivity index (χ1) is 4.35. The van der Waals surface area contributed by atoms with Crippen LogP contribution in [0.4, 0.5) is 0 Å². The van der Waals surface area contributed by atoms with Gasteiger partial charge in [-0.3, -0.25) is 0 Å². The van der Waals surface area contributed by atoms with Crippen LogP contribution in [0, 0.1) is 0 Å². The fraction of sp³-hybridized carbons (Fsp3) is 0.714. The smallest absolute Gasteiger partial charge is 0.128 e. The van der Waals surface area contributed by atoms with E-state index < -0.39 is 0 Å². The summed E-state index contributed by atoms with van der Waals surface area (Å²) in [6.07, 6.45) is 5.67. The standard InChI is InChI=1S/C7H15ClSi/c1-3-5-7(9-8)6-4-2/h3,7H,1,4-6,9H2,2H3. The molecule has 0 rings (SSSR count). The Labute approximate surface area is 64.8 Å². The van der Waals surface area contributed by atoms with Gasteiger partial charge in [-0.05, 0) is 12.0 Å². The molecule has 0 aromatic heterocycles. The normalized spacial score (nSPS) is 14.4. The lowest BCUT2D eigenvalue weighted by Gasteiger charge is -2.06. The molecule has 0 amide bonds. The highest BCUT2D eigenvalue weighted by molar-refractivity contribution is 6.94. The van der Waals surface area contributed by atoms with Gasteiger partial charge in [-0.25, -0.2) is 0 Å². The van der Waals surface area contributed by atoms with Crippen molar-refractivity contribution >= 4 is 19.9 Å². The summed E-state index contributed by atoms with van der Waals surface area (Å²) in [6.45, 7) is 5.90. The van der Waals surface area contributed by atoms with E-state index in [-0.39, 0.29) is 8.83 Å². The van der Waals surface area contributed by atoms with Crippen LogP contribution in [0.2, 0.25) is 5.54 Å². The number of halogens is 1. The van der Waals surface area contributed by atoms with Gasteiger partial charge in [0, 0.05) is 0 Å². The molecule has 0 aliphatic rings. The van der Waals surface area contributed by atoms with E-state index in [9.17, 15) is 0 Å². The number of allylic oxidation sites excluding steroid dienone is 1. The van der Waals surface area contributed by atoms with E-state index in [2.05, 4.69) is 13.5 Å². The molecular weight excluding hydrogens is 148 g/mol. The molecule has 0 saturated carbocycles. The van der Waals surface area contributed by atoms with Gasteiger partial charge in [0.15, 0.2) is 0 Å². The quantitative estimate of drug-likeness (QED) is 0.331. The molecule has 0 nitrogen and oxygen atoms in total.